The molecule has 7 nitrogen and oxygen atoms in total. The molecule has 0 atom stereocenters. The Morgan fingerprint density at radius 1 is 1.35 bits per heavy atom. The Kier molecular flexibility index (Phi) is 5.61. The van der Waals surface area contributed by atoms with Crippen molar-refractivity contribution in [3.8, 4) is 5.75 Å². The lowest BCUT2D eigenvalue weighted by atomic mass is 10.2. The number of morpholine rings is 1. The number of likely N-dealkylation sites (N-methyl/N-ethyl adjacent to an activating group) is 1. The summed E-state index contributed by atoms with van der Waals surface area (Å²) in [7, 11) is -0.780. The standard InChI is InChI=1S/C15H22N2O5S/c1-12-10-13(4-5-14(12)21-3)23(19,20)16(2)11-15(18)17-6-8-22-9-7-17/h4-5,10H,6-9,11H2,1-3H3. The molecule has 0 aromatic heterocycles. The summed E-state index contributed by atoms with van der Waals surface area (Å²) in [6, 6.07) is 4.64. The zero-order chi connectivity index (χ0) is 17.0. The number of carbonyl (C=O) groups is 1. The molecule has 1 saturated heterocycles. The van der Waals surface area contributed by atoms with Crippen LogP contribution in [-0.2, 0) is 19.6 Å². The topological polar surface area (TPSA) is 76.2 Å². The first kappa shape index (κ1) is 17.7. The molecule has 0 bridgehead atoms. The highest BCUT2D eigenvalue weighted by atomic mass is 32.2. The minimum Gasteiger partial charge on any atom is -0.496 e. The summed E-state index contributed by atoms with van der Waals surface area (Å²) in [6.45, 7) is 3.55. The van der Waals surface area contributed by atoms with Gasteiger partial charge < -0.3 is 14.4 Å². The summed E-state index contributed by atoms with van der Waals surface area (Å²) in [4.78, 5) is 14.0. The minimum atomic E-state index is -3.72. The van der Waals surface area contributed by atoms with Crippen molar-refractivity contribution in [3.05, 3.63) is 23.8 Å². The molecule has 2 rings (SSSR count). The zero-order valence-corrected chi connectivity index (χ0v) is 14.4. The minimum absolute atomic E-state index is 0.146. The fourth-order valence-electron chi connectivity index (χ4n) is 2.38. The van der Waals surface area contributed by atoms with Crippen molar-refractivity contribution in [1.29, 1.82) is 0 Å². The molecule has 1 aliphatic rings. The molecule has 0 aliphatic carbocycles. The molecule has 1 amide bonds. The maximum Gasteiger partial charge on any atom is 0.243 e. The van der Waals surface area contributed by atoms with Gasteiger partial charge in [0, 0.05) is 20.1 Å². The molecule has 1 fully saturated rings. The van der Waals surface area contributed by atoms with E-state index in [4.69, 9.17) is 9.47 Å². The van der Waals surface area contributed by atoms with Crippen molar-refractivity contribution >= 4 is 15.9 Å². The number of nitrogens with zero attached hydrogens (tertiary/aromatic N) is 2. The van der Waals surface area contributed by atoms with Crippen molar-refractivity contribution in [2.45, 2.75) is 11.8 Å². The zero-order valence-electron chi connectivity index (χ0n) is 13.6. The first-order valence-electron chi connectivity index (χ1n) is 7.32. The van der Waals surface area contributed by atoms with Crippen LogP contribution in [0, 0.1) is 6.92 Å². The first-order valence-corrected chi connectivity index (χ1v) is 8.77. The maximum absolute atomic E-state index is 12.6. The summed E-state index contributed by atoms with van der Waals surface area (Å²) < 4.78 is 36.6. The molecule has 1 aliphatic heterocycles. The molecule has 0 radical (unpaired) electrons. The Morgan fingerprint density at radius 2 is 2.00 bits per heavy atom. The average molecular weight is 342 g/mol. The highest BCUT2D eigenvalue weighted by Crippen LogP contribution is 2.23. The molecule has 8 heteroatoms. The van der Waals surface area contributed by atoms with Crippen molar-refractivity contribution in [2.75, 3.05) is 47.0 Å². The number of sulfonamides is 1. The maximum atomic E-state index is 12.6. The summed E-state index contributed by atoms with van der Waals surface area (Å²) in [5, 5.41) is 0. The molecule has 0 unspecified atom stereocenters. The normalized spacial score (nSPS) is 15.7. The van der Waals surface area contributed by atoms with E-state index in [1.807, 2.05) is 0 Å². The van der Waals surface area contributed by atoms with E-state index in [0.29, 0.717) is 32.1 Å². The Labute approximate surface area is 136 Å². The molecule has 0 saturated carbocycles. The molecule has 0 N–H and O–H groups in total. The number of ether oxygens (including phenoxy) is 2. The van der Waals surface area contributed by atoms with E-state index in [2.05, 4.69) is 0 Å². The van der Waals surface area contributed by atoms with Crippen LogP contribution >= 0.6 is 0 Å². The highest BCUT2D eigenvalue weighted by molar-refractivity contribution is 7.89. The lowest BCUT2D eigenvalue weighted by Gasteiger charge is -2.28. The predicted octanol–water partition coefficient (Wildman–Crippen LogP) is 0.483. The number of hydrogen-bond acceptors (Lipinski definition) is 5. The third-order valence-corrected chi connectivity index (χ3v) is 5.60. The van der Waals surface area contributed by atoms with Gasteiger partial charge in [-0.25, -0.2) is 8.42 Å². The third-order valence-electron chi connectivity index (χ3n) is 3.80. The SMILES string of the molecule is COc1ccc(S(=O)(=O)N(C)CC(=O)N2CCOCC2)cc1C. The number of amides is 1. The van der Waals surface area contributed by atoms with Gasteiger partial charge in [-0.05, 0) is 30.7 Å². The van der Waals surface area contributed by atoms with E-state index >= 15 is 0 Å². The highest BCUT2D eigenvalue weighted by Gasteiger charge is 2.26. The van der Waals surface area contributed by atoms with Gasteiger partial charge in [0.15, 0.2) is 0 Å². The van der Waals surface area contributed by atoms with Crippen molar-refractivity contribution < 1.29 is 22.7 Å². The van der Waals surface area contributed by atoms with Crippen LogP contribution in [0.1, 0.15) is 5.56 Å². The number of methoxy groups -OCH3 is 1. The van der Waals surface area contributed by atoms with Crippen LogP contribution < -0.4 is 4.74 Å². The fourth-order valence-corrected chi connectivity index (χ4v) is 3.59. The van der Waals surface area contributed by atoms with Gasteiger partial charge in [0.1, 0.15) is 5.75 Å². The average Bonchev–Trinajstić information content (AvgIpc) is 2.55. The number of carbonyl (C=O) groups excluding carboxylic acids is 1. The fraction of sp³-hybridized carbons (Fsp3) is 0.533. The molecule has 1 aromatic rings. The van der Waals surface area contributed by atoms with E-state index in [-0.39, 0.29) is 17.3 Å². The monoisotopic (exact) mass is 342 g/mol. The van der Waals surface area contributed by atoms with Crippen LogP contribution in [-0.4, -0.2) is 70.5 Å². The van der Waals surface area contributed by atoms with Gasteiger partial charge in [0.05, 0.1) is 31.8 Å². The van der Waals surface area contributed by atoms with Gasteiger partial charge in [-0.1, -0.05) is 0 Å². The van der Waals surface area contributed by atoms with Crippen LogP contribution in [0.4, 0.5) is 0 Å². The second-order valence-electron chi connectivity index (χ2n) is 5.39. The van der Waals surface area contributed by atoms with Gasteiger partial charge in [-0.15, -0.1) is 0 Å². The summed E-state index contributed by atoms with van der Waals surface area (Å²) in [5.74, 6) is 0.403. The van der Waals surface area contributed by atoms with Crippen LogP contribution in [0.15, 0.2) is 23.1 Å². The lowest BCUT2D eigenvalue weighted by Crippen LogP contribution is -2.46. The number of hydrogen-bond donors (Lipinski definition) is 0. The van der Waals surface area contributed by atoms with Crippen LogP contribution in [0.2, 0.25) is 0 Å². The third kappa shape index (κ3) is 4.01. The van der Waals surface area contributed by atoms with Crippen LogP contribution in [0.3, 0.4) is 0 Å². The molecular weight excluding hydrogens is 320 g/mol. The van der Waals surface area contributed by atoms with Gasteiger partial charge in [-0.3, -0.25) is 4.79 Å². The van der Waals surface area contributed by atoms with Crippen molar-refractivity contribution in [2.24, 2.45) is 0 Å². The van der Waals surface area contributed by atoms with Crippen molar-refractivity contribution in [3.63, 3.8) is 0 Å². The summed E-state index contributed by atoms with van der Waals surface area (Å²) in [6.07, 6.45) is 0. The van der Waals surface area contributed by atoms with Gasteiger partial charge in [0.2, 0.25) is 15.9 Å². The molecule has 1 heterocycles. The Bertz CT molecular complexity index is 668. The quantitative estimate of drug-likeness (QED) is 0.778. The summed E-state index contributed by atoms with van der Waals surface area (Å²) in [5.41, 5.74) is 0.724. The van der Waals surface area contributed by atoms with Gasteiger partial charge in [0.25, 0.3) is 0 Å². The predicted molar refractivity (Wildman–Crippen MR) is 84.9 cm³/mol. The molecule has 0 spiro atoms. The molecular formula is C15H22N2O5S. The van der Waals surface area contributed by atoms with Crippen molar-refractivity contribution in [1.82, 2.24) is 9.21 Å². The Hall–Kier alpha value is -1.64. The Balaban J connectivity index is 2.11. The molecule has 128 valence electrons. The van der Waals surface area contributed by atoms with Gasteiger partial charge in [-0.2, -0.15) is 4.31 Å². The molecule has 1 aromatic carbocycles. The van der Waals surface area contributed by atoms with E-state index in [0.717, 1.165) is 9.87 Å². The summed E-state index contributed by atoms with van der Waals surface area (Å²) >= 11 is 0. The number of rotatable bonds is 5. The number of aryl methyl sites for hydroxylation is 1. The van der Waals surface area contributed by atoms with E-state index in [1.165, 1.54) is 20.2 Å². The van der Waals surface area contributed by atoms with E-state index < -0.39 is 10.0 Å². The second-order valence-corrected chi connectivity index (χ2v) is 7.43. The van der Waals surface area contributed by atoms with Gasteiger partial charge >= 0.3 is 0 Å². The van der Waals surface area contributed by atoms with E-state index in [9.17, 15) is 13.2 Å². The van der Waals surface area contributed by atoms with E-state index in [1.54, 1.807) is 24.0 Å². The number of benzene rings is 1. The lowest BCUT2D eigenvalue weighted by molar-refractivity contribution is -0.135. The smallest absolute Gasteiger partial charge is 0.243 e. The largest absolute Gasteiger partial charge is 0.496 e. The second kappa shape index (κ2) is 7.29. The molecule has 23 heavy (non-hydrogen) atoms. The van der Waals surface area contributed by atoms with Crippen LogP contribution in [0.25, 0.3) is 0 Å². The van der Waals surface area contributed by atoms with Crippen LogP contribution in [0.5, 0.6) is 5.75 Å². The first-order chi connectivity index (χ1) is 10.9. The Morgan fingerprint density at radius 3 is 2.57 bits per heavy atom.